The van der Waals surface area contributed by atoms with Gasteiger partial charge in [-0.25, -0.2) is 8.78 Å². The van der Waals surface area contributed by atoms with Crippen LogP contribution in [0.3, 0.4) is 0 Å². The van der Waals surface area contributed by atoms with Gasteiger partial charge in [0.25, 0.3) is 5.92 Å². The van der Waals surface area contributed by atoms with Gasteiger partial charge in [-0.15, -0.1) is 0 Å². The van der Waals surface area contributed by atoms with Crippen molar-refractivity contribution in [1.29, 1.82) is 0 Å². The molecule has 0 radical (unpaired) electrons. The number of ether oxygens (including phenoxy) is 1. The summed E-state index contributed by atoms with van der Waals surface area (Å²) in [6, 6.07) is 0.0544. The molecule has 0 aromatic rings. The van der Waals surface area contributed by atoms with Gasteiger partial charge in [0.05, 0.1) is 13.2 Å². The molecule has 0 aliphatic carbocycles. The summed E-state index contributed by atoms with van der Waals surface area (Å²) in [6.07, 6.45) is 1.78. The van der Waals surface area contributed by atoms with E-state index < -0.39 is 12.5 Å². The Bertz CT molecular complexity index is 306. The average Bonchev–Trinajstić information content (AvgIpc) is 2.60. The van der Waals surface area contributed by atoms with Crippen molar-refractivity contribution in [3.8, 4) is 0 Å². The first-order valence-corrected chi connectivity index (χ1v) is 9.67. The maximum absolute atomic E-state index is 13.5. The predicted octanol–water partition coefficient (Wildman–Crippen LogP) is 2.30. The van der Waals surface area contributed by atoms with Crippen LogP contribution in [0.25, 0.3) is 0 Å². The van der Waals surface area contributed by atoms with Crippen molar-refractivity contribution >= 4 is 0 Å². The number of piperazine rings is 1. The number of β-amino-alcohol motifs (C(OH)–C–C–N with tert-alkyl or cyclic N) is 1. The molecular formula is C18H41F2N3O2. The second-order valence-electron chi connectivity index (χ2n) is 6.56. The lowest BCUT2D eigenvalue weighted by Gasteiger charge is -2.34. The standard InChI is InChI=1S/C16H33F2N3O2.C2H6.H2/c1-15(2)19-13-16(17,18)14-23-12-4-3-5-20-6-8-21(9-7-20)10-11-22;1-2;/h15,19,22H,3-14H2,1-2H3;1-2H3;1H. The Labute approximate surface area is 154 Å². The quantitative estimate of drug-likeness (QED) is 0.517. The van der Waals surface area contributed by atoms with Crippen LogP contribution >= 0.6 is 0 Å². The number of hydrogen-bond acceptors (Lipinski definition) is 5. The number of rotatable bonds is 12. The molecule has 1 heterocycles. The molecule has 0 bridgehead atoms. The first-order chi connectivity index (χ1) is 11.9. The van der Waals surface area contributed by atoms with E-state index in [9.17, 15) is 8.78 Å². The van der Waals surface area contributed by atoms with E-state index in [-0.39, 0.29) is 20.6 Å². The van der Waals surface area contributed by atoms with Crippen LogP contribution in [-0.2, 0) is 4.74 Å². The van der Waals surface area contributed by atoms with Gasteiger partial charge in [-0.3, -0.25) is 4.90 Å². The third kappa shape index (κ3) is 13.5. The molecule has 0 saturated carbocycles. The maximum atomic E-state index is 13.5. The van der Waals surface area contributed by atoms with Crippen LogP contribution in [0.1, 0.15) is 42.0 Å². The van der Waals surface area contributed by atoms with Crippen molar-refractivity contribution in [2.24, 2.45) is 0 Å². The van der Waals surface area contributed by atoms with Gasteiger partial charge >= 0.3 is 0 Å². The minimum absolute atomic E-state index is 0. The Kier molecular flexibility index (Phi) is 14.6. The number of hydrogen-bond donors (Lipinski definition) is 2. The van der Waals surface area contributed by atoms with E-state index in [1.165, 1.54) is 0 Å². The van der Waals surface area contributed by atoms with Crippen molar-refractivity contribution in [3.05, 3.63) is 0 Å². The highest BCUT2D eigenvalue weighted by molar-refractivity contribution is 4.72. The summed E-state index contributed by atoms with van der Waals surface area (Å²) < 4.78 is 32.1. The fourth-order valence-electron chi connectivity index (χ4n) is 2.54. The second-order valence-corrected chi connectivity index (χ2v) is 6.56. The molecule has 7 heteroatoms. The van der Waals surface area contributed by atoms with Crippen LogP contribution in [0.2, 0.25) is 0 Å². The number of aliphatic hydroxyl groups excluding tert-OH is 1. The molecule has 0 amide bonds. The minimum Gasteiger partial charge on any atom is -0.395 e. The Hall–Kier alpha value is -0.340. The zero-order valence-electron chi connectivity index (χ0n) is 16.6. The molecule has 1 aliphatic heterocycles. The molecule has 1 fully saturated rings. The Balaban J connectivity index is 0. The van der Waals surface area contributed by atoms with Gasteiger partial charge in [-0.1, -0.05) is 27.7 Å². The summed E-state index contributed by atoms with van der Waals surface area (Å²) >= 11 is 0. The lowest BCUT2D eigenvalue weighted by Crippen LogP contribution is -2.47. The van der Waals surface area contributed by atoms with Crippen molar-refractivity contribution in [3.63, 3.8) is 0 Å². The molecule has 154 valence electrons. The number of nitrogens with one attached hydrogen (secondary N) is 1. The third-order valence-electron chi connectivity index (χ3n) is 3.98. The van der Waals surface area contributed by atoms with E-state index in [0.717, 1.165) is 52.1 Å². The molecule has 1 aliphatic rings. The van der Waals surface area contributed by atoms with Crippen molar-refractivity contribution in [2.75, 3.05) is 65.6 Å². The molecule has 0 aromatic heterocycles. The number of halogens is 2. The van der Waals surface area contributed by atoms with Crippen LogP contribution in [0, 0.1) is 0 Å². The second kappa shape index (κ2) is 14.8. The summed E-state index contributed by atoms with van der Waals surface area (Å²) in [6.45, 7) is 13.2. The fourth-order valence-corrected chi connectivity index (χ4v) is 2.54. The molecule has 1 saturated heterocycles. The van der Waals surface area contributed by atoms with Gasteiger partial charge in [-0.2, -0.15) is 0 Å². The van der Waals surface area contributed by atoms with Gasteiger partial charge in [0.1, 0.15) is 6.61 Å². The smallest absolute Gasteiger partial charge is 0.283 e. The molecule has 0 atom stereocenters. The number of nitrogens with zero attached hydrogens (tertiary/aromatic N) is 2. The van der Waals surface area contributed by atoms with E-state index in [1.807, 2.05) is 27.7 Å². The molecule has 25 heavy (non-hydrogen) atoms. The molecule has 2 N–H and O–H groups in total. The number of aliphatic hydroxyl groups is 1. The van der Waals surface area contributed by atoms with Crippen molar-refractivity contribution < 1.29 is 20.1 Å². The van der Waals surface area contributed by atoms with Crippen molar-refractivity contribution in [2.45, 2.75) is 52.5 Å². The first-order valence-electron chi connectivity index (χ1n) is 9.67. The molecule has 5 nitrogen and oxygen atoms in total. The largest absolute Gasteiger partial charge is 0.395 e. The molecular weight excluding hydrogens is 328 g/mol. The minimum atomic E-state index is -2.80. The highest BCUT2D eigenvalue weighted by Crippen LogP contribution is 2.13. The lowest BCUT2D eigenvalue weighted by atomic mass is 10.2. The Morgan fingerprint density at radius 3 is 2.16 bits per heavy atom. The zero-order chi connectivity index (χ0) is 19.1. The van der Waals surface area contributed by atoms with Gasteiger partial charge < -0.3 is 20.1 Å². The molecule has 0 spiro atoms. The Morgan fingerprint density at radius 1 is 1.08 bits per heavy atom. The molecule has 0 aromatic carbocycles. The summed E-state index contributed by atoms with van der Waals surface area (Å²) in [5, 5.41) is 11.6. The van der Waals surface area contributed by atoms with E-state index in [2.05, 4.69) is 15.1 Å². The van der Waals surface area contributed by atoms with E-state index in [1.54, 1.807) is 0 Å². The number of unbranched alkanes of at least 4 members (excludes halogenated alkanes) is 1. The summed E-state index contributed by atoms with van der Waals surface area (Å²) in [5.74, 6) is -2.80. The van der Waals surface area contributed by atoms with Crippen molar-refractivity contribution in [1.82, 2.24) is 15.1 Å². The number of alkyl halides is 2. The highest BCUT2D eigenvalue weighted by atomic mass is 19.3. The fraction of sp³-hybridized carbons (Fsp3) is 1.00. The highest BCUT2D eigenvalue weighted by Gasteiger charge is 2.28. The SMILES string of the molecule is CC.CC(C)NCC(F)(F)COCCCCN1CCN(CCO)CC1.[HH]. The first kappa shape index (κ1) is 24.7. The molecule has 0 unspecified atom stereocenters. The van der Waals surface area contributed by atoms with E-state index in [4.69, 9.17) is 9.84 Å². The van der Waals surface area contributed by atoms with Gasteiger partial charge in [0, 0.05) is 46.8 Å². The van der Waals surface area contributed by atoms with Crippen LogP contribution in [0.15, 0.2) is 0 Å². The summed E-state index contributed by atoms with van der Waals surface area (Å²) in [5.41, 5.74) is 0. The normalized spacial score (nSPS) is 16.8. The van der Waals surface area contributed by atoms with Crippen LogP contribution < -0.4 is 5.32 Å². The average molecular weight is 370 g/mol. The van der Waals surface area contributed by atoms with Gasteiger partial charge in [0.15, 0.2) is 0 Å². The van der Waals surface area contributed by atoms with Gasteiger partial charge in [-0.05, 0) is 19.4 Å². The summed E-state index contributed by atoms with van der Waals surface area (Å²) in [7, 11) is 0. The Morgan fingerprint density at radius 2 is 1.64 bits per heavy atom. The van der Waals surface area contributed by atoms with E-state index >= 15 is 0 Å². The zero-order valence-corrected chi connectivity index (χ0v) is 16.6. The summed E-state index contributed by atoms with van der Waals surface area (Å²) in [4.78, 5) is 4.64. The topological polar surface area (TPSA) is 48.0 Å². The predicted molar refractivity (Wildman–Crippen MR) is 102 cm³/mol. The van der Waals surface area contributed by atoms with Crippen LogP contribution in [0.4, 0.5) is 8.78 Å². The van der Waals surface area contributed by atoms with E-state index in [0.29, 0.717) is 6.61 Å². The third-order valence-corrected chi connectivity index (χ3v) is 3.98. The maximum Gasteiger partial charge on any atom is 0.283 e. The van der Waals surface area contributed by atoms with Gasteiger partial charge in [0.2, 0.25) is 0 Å². The monoisotopic (exact) mass is 369 g/mol. The lowest BCUT2D eigenvalue weighted by molar-refractivity contribution is -0.0761. The van der Waals surface area contributed by atoms with Crippen LogP contribution in [0.5, 0.6) is 0 Å². The molecule has 1 rings (SSSR count). The van der Waals surface area contributed by atoms with Crippen LogP contribution in [-0.4, -0.2) is 92.5 Å².